The minimum atomic E-state index is -0.738. The van der Waals surface area contributed by atoms with Gasteiger partial charge in [0, 0.05) is 12.3 Å². The molecule has 2 aromatic rings. The lowest BCUT2D eigenvalue weighted by atomic mass is 9.45. The number of H-pyrrole nitrogens is 1. The molecule has 0 spiro atoms. The Balaban J connectivity index is 1.78. The molecule has 170 valence electrons. The maximum atomic E-state index is 11.6. The van der Waals surface area contributed by atoms with E-state index in [1.54, 1.807) is 0 Å². The average molecular weight is 444 g/mol. The fourth-order valence-electron chi connectivity index (χ4n) is 7.06. The lowest BCUT2D eigenvalue weighted by Gasteiger charge is -2.61. The van der Waals surface area contributed by atoms with Crippen LogP contribution in [0.2, 0.25) is 0 Å². The molecule has 1 heterocycles. The molecule has 5 nitrogen and oxygen atoms in total. The number of hydrogen-bond donors (Lipinski definition) is 3. The van der Waals surface area contributed by atoms with Gasteiger partial charge in [-0.15, -0.1) is 0 Å². The number of fused-ring (bicyclic) bond motifs is 1. The minimum absolute atomic E-state index is 0.0582. The molecule has 2 aliphatic rings. The van der Waals surface area contributed by atoms with Gasteiger partial charge in [-0.05, 0) is 98.7 Å². The van der Waals surface area contributed by atoms with Gasteiger partial charge >= 0.3 is 0 Å². The highest BCUT2D eigenvalue weighted by Crippen LogP contribution is 2.62. The van der Waals surface area contributed by atoms with Crippen LogP contribution in [0.5, 0.6) is 5.75 Å². The fraction of sp³-hybridized carbons (Fsp3) is 0.680. The second kappa shape index (κ2) is 7.45. The highest BCUT2D eigenvalue weighted by molar-refractivity contribution is 7.71. The Kier molecular flexibility index (Phi) is 5.41. The van der Waals surface area contributed by atoms with E-state index in [0.29, 0.717) is 22.9 Å². The summed E-state index contributed by atoms with van der Waals surface area (Å²) in [5.41, 5.74) is 2.14. The van der Waals surface area contributed by atoms with Gasteiger partial charge in [0.25, 0.3) is 0 Å². The summed E-state index contributed by atoms with van der Waals surface area (Å²) in [4.78, 5) is 0. The van der Waals surface area contributed by atoms with Crippen molar-refractivity contribution >= 4 is 12.2 Å². The molecule has 6 heteroatoms. The number of nitrogens with one attached hydrogen (secondary N) is 1. The Hall–Kier alpha value is -1.66. The number of aromatic hydroxyl groups is 1. The summed E-state index contributed by atoms with van der Waals surface area (Å²) in [6.45, 7) is 13.0. The highest BCUT2D eigenvalue weighted by atomic mass is 32.1. The molecule has 0 radical (unpaired) electrons. The quantitative estimate of drug-likeness (QED) is 0.525. The van der Waals surface area contributed by atoms with E-state index < -0.39 is 5.60 Å². The van der Waals surface area contributed by atoms with Crippen LogP contribution in [0.4, 0.5) is 0 Å². The Morgan fingerprint density at radius 3 is 2.42 bits per heavy atom. The Morgan fingerprint density at radius 2 is 1.77 bits per heavy atom. The monoisotopic (exact) mass is 443 g/mol. The number of rotatable bonds is 3. The van der Waals surface area contributed by atoms with Crippen molar-refractivity contribution in [1.29, 1.82) is 0 Å². The van der Waals surface area contributed by atoms with Gasteiger partial charge in [0.2, 0.25) is 0 Å². The molecule has 31 heavy (non-hydrogen) atoms. The van der Waals surface area contributed by atoms with Gasteiger partial charge in [0.1, 0.15) is 11.6 Å². The minimum Gasteiger partial charge on any atom is -0.507 e. The van der Waals surface area contributed by atoms with Crippen LogP contribution in [0.1, 0.15) is 76.8 Å². The number of hydrogen-bond acceptors (Lipinski definition) is 4. The zero-order chi connectivity index (χ0) is 22.8. The van der Waals surface area contributed by atoms with E-state index in [1.165, 1.54) is 12.8 Å². The van der Waals surface area contributed by atoms with Crippen molar-refractivity contribution in [2.75, 3.05) is 0 Å². The lowest BCUT2D eigenvalue weighted by Crippen LogP contribution is -2.58. The predicted molar refractivity (Wildman–Crippen MR) is 126 cm³/mol. The van der Waals surface area contributed by atoms with E-state index in [2.05, 4.69) is 31.0 Å². The lowest BCUT2D eigenvalue weighted by molar-refractivity contribution is -0.167. The number of nitrogens with zero attached hydrogens (tertiary/aromatic N) is 2. The molecule has 2 fully saturated rings. The standard InChI is InChI=1S/C25H37N3O2S/c1-15-12-17(13-16(2)21(15)29)28-20(26-27-22(28)31)14-19-24(5)10-7-9-23(3,4)18(24)8-11-25(19,6)30/h12-13,18-19,29-30H,7-11,14H2,1-6H3,(H,27,31)/t18-,19+,24-,25+/m0/s1. The third-order valence-electron chi connectivity index (χ3n) is 8.62. The maximum Gasteiger partial charge on any atom is 0.199 e. The number of phenols is 1. The summed E-state index contributed by atoms with van der Waals surface area (Å²) in [6.07, 6.45) is 6.18. The van der Waals surface area contributed by atoms with Gasteiger partial charge in [-0.1, -0.05) is 27.2 Å². The molecule has 0 unspecified atom stereocenters. The van der Waals surface area contributed by atoms with Gasteiger partial charge in [-0.25, -0.2) is 0 Å². The van der Waals surface area contributed by atoms with Crippen LogP contribution in [-0.2, 0) is 6.42 Å². The van der Waals surface area contributed by atoms with E-state index in [9.17, 15) is 10.2 Å². The van der Waals surface area contributed by atoms with Crippen LogP contribution in [0.15, 0.2) is 12.1 Å². The fourth-order valence-corrected chi connectivity index (χ4v) is 7.31. The number of phenolic OH excluding ortho intramolecular Hbond substituents is 1. The van der Waals surface area contributed by atoms with Crippen LogP contribution < -0.4 is 0 Å². The summed E-state index contributed by atoms with van der Waals surface area (Å²) >= 11 is 5.60. The summed E-state index contributed by atoms with van der Waals surface area (Å²) in [5.74, 6) is 1.86. The van der Waals surface area contributed by atoms with Gasteiger partial charge in [-0.3, -0.25) is 9.67 Å². The molecule has 1 aromatic carbocycles. The Morgan fingerprint density at radius 1 is 1.13 bits per heavy atom. The third kappa shape index (κ3) is 3.66. The first-order valence-corrected chi connectivity index (χ1v) is 12.0. The second-order valence-corrected chi connectivity index (χ2v) is 11.6. The predicted octanol–water partition coefficient (Wildman–Crippen LogP) is 5.79. The van der Waals surface area contributed by atoms with Crippen LogP contribution in [0.3, 0.4) is 0 Å². The molecule has 3 N–H and O–H groups in total. The van der Waals surface area contributed by atoms with E-state index in [4.69, 9.17) is 12.2 Å². The van der Waals surface area contributed by atoms with Crippen LogP contribution in [0.25, 0.3) is 5.69 Å². The highest BCUT2D eigenvalue weighted by Gasteiger charge is 2.58. The number of aryl methyl sites for hydroxylation is 2. The average Bonchev–Trinajstić information content (AvgIpc) is 3.02. The van der Waals surface area contributed by atoms with Gasteiger partial charge in [0.05, 0.1) is 11.3 Å². The Bertz CT molecular complexity index is 1030. The molecular formula is C25H37N3O2S. The molecule has 2 saturated carbocycles. The van der Waals surface area contributed by atoms with Crippen molar-refractivity contribution in [3.63, 3.8) is 0 Å². The first-order chi connectivity index (χ1) is 14.4. The van der Waals surface area contributed by atoms with Crippen molar-refractivity contribution < 1.29 is 10.2 Å². The van der Waals surface area contributed by atoms with Crippen LogP contribution >= 0.6 is 12.2 Å². The zero-order valence-corrected chi connectivity index (χ0v) is 20.6. The first kappa shape index (κ1) is 22.5. The van der Waals surface area contributed by atoms with Crippen LogP contribution in [0, 0.1) is 41.3 Å². The summed E-state index contributed by atoms with van der Waals surface area (Å²) in [7, 11) is 0. The summed E-state index contributed by atoms with van der Waals surface area (Å²) < 4.78 is 2.52. The van der Waals surface area contributed by atoms with E-state index in [1.807, 2.05) is 37.5 Å². The number of benzene rings is 1. The number of aromatic nitrogens is 3. The molecule has 0 amide bonds. The molecule has 0 aliphatic heterocycles. The molecule has 4 atom stereocenters. The molecule has 1 aromatic heterocycles. The summed E-state index contributed by atoms with van der Waals surface area (Å²) in [5, 5.41) is 29.4. The molecule has 0 saturated heterocycles. The number of aromatic amines is 1. The zero-order valence-electron chi connectivity index (χ0n) is 19.7. The van der Waals surface area contributed by atoms with Gasteiger partial charge in [0.15, 0.2) is 4.77 Å². The largest absolute Gasteiger partial charge is 0.507 e. The molecule has 4 rings (SSSR count). The van der Waals surface area contributed by atoms with Gasteiger partial charge in [-0.2, -0.15) is 5.10 Å². The number of aliphatic hydroxyl groups is 1. The van der Waals surface area contributed by atoms with Crippen molar-refractivity contribution in [2.24, 2.45) is 22.7 Å². The van der Waals surface area contributed by atoms with Crippen molar-refractivity contribution in [3.05, 3.63) is 33.9 Å². The second-order valence-electron chi connectivity index (χ2n) is 11.3. The van der Waals surface area contributed by atoms with Crippen molar-refractivity contribution in [1.82, 2.24) is 14.8 Å². The van der Waals surface area contributed by atoms with Crippen molar-refractivity contribution in [2.45, 2.75) is 85.7 Å². The third-order valence-corrected chi connectivity index (χ3v) is 8.90. The smallest absolute Gasteiger partial charge is 0.199 e. The first-order valence-electron chi connectivity index (χ1n) is 11.6. The van der Waals surface area contributed by atoms with Gasteiger partial charge < -0.3 is 10.2 Å². The SMILES string of the molecule is Cc1cc(-n2c(C[C@@H]3[C@@]4(C)CCCC(C)(C)[C@@H]4CC[C@@]3(C)O)n[nH]c2=S)cc(C)c1O. The van der Waals surface area contributed by atoms with E-state index in [-0.39, 0.29) is 16.7 Å². The van der Waals surface area contributed by atoms with E-state index >= 15 is 0 Å². The van der Waals surface area contributed by atoms with E-state index in [0.717, 1.165) is 41.9 Å². The topological polar surface area (TPSA) is 74.1 Å². The van der Waals surface area contributed by atoms with Crippen molar-refractivity contribution in [3.8, 4) is 11.4 Å². The van der Waals surface area contributed by atoms with Crippen LogP contribution in [-0.4, -0.2) is 30.6 Å². The maximum absolute atomic E-state index is 11.6. The molecule has 0 bridgehead atoms. The molecule has 2 aliphatic carbocycles. The Labute approximate surface area is 190 Å². The summed E-state index contributed by atoms with van der Waals surface area (Å²) in [6, 6.07) is 3.90. The molecular weight excluding hydrogens is 406 g/mol. The normalized spacial score (nSPS) is 32.6.